The molecule has 0 aliphatic carbocycles. The van der Waals surface area contributed by atoms with Crippen molar-refractivity contribution in [1.82, 2.24) is 9.88 Å². The Kier molecular flexibility index (Phi) is 4.09. The summed E-state index contributed by atoms with van der Waals surface area (Å²) in [4.78, 5) is 12.1. The van der Waals surface area contributed by atoms with Gasteiger partial charge in [0.1, 0.15) is 0 Å². The molecule has 1 rings (SSSR count). The van der Waals surface area contributed by atoms with Crippen LogP contribution in [0.25, 0.3) is 0 Å². The van der Waals surface area contributed by atoms with Crippen LogP contribution in [-0.4, -0.2) is 11.1 Å². The van der Waals surface area contributed by atoms with Crippen LogP contribution < -0.4 is 10.9 Å². The van der Waals surface area contributed by atoms with Crippen LogP contribution in [0.1, 0.15) is 38.1 Å². The molecule has 0 saturated heterocycles. The molecule has 0 aliphatic heterocycles. The van der Waals surface area contributed by atoms with E-state index in [0.717, 1.165) is 17.8 Å². The number of aromatic nitrogens is 1. The molecule has 0 aliphatic rings. The van der Waals surface area contributed by atoms with Gasteiger partial charge in [0.15, 0.2) is 0 Å². The molecule has 0 amide bonds. The average molecular weight is 208 g/mol. The van der Waals surface area contributed by atoms with Gasteiger partial charge in [-0.15, -0.1) is 0 Å². The average Bonchev–Trinajstić information content (AvgIpc) is 2.16. The summed E-state index contributed by atoms with van der Waals surface area (Å²) in [6.45, 7) is 9.61. The SMILES string of the molecule is CCNCc1ccc(C)n(C(C)C)c1=O. The van der Waals surface area contributed by atoms with Gasteiger partial charge in [0.25, 0.3) is 5.56 Å². The second-order valence-electron chi connectivity index (χ2n) is 4.05. The molecule has 0 atom stereocenters. The summed E-state index contributed by atoms with van der Waals surface area (Å²) in [6, 6.07) is 4.15. The lowest BCUT2D eigenvalue weighted by atomic mass is 10.2. The van der Waals surface area contributed by atoms with E-state index in [9.17, 15) is 4.79 Å². The van der Waals surface area contributed by atoms with E-state index in [2.05, 4.69) is 5.32 Å². The van der Waals surface area contributed by atoms with Crippen molar-refractivity contribution in [3.63, 3.8) is 0 Å². The standard InChI is InChI=1S/C12H20N2O/c1-5-13-8-11-7-6-10(4)14(9(2)3)12(11)15/h6-7,9,13H,5,8H2,1-4H3. The normalized spacial score (nSPS) is 11.0. The monoisotopic (exact) mass is 208 g/mol. The number of nitrogens with zero attached hydrogens (tertiary/aromatic N) is 1. The van der Waals surface area contributed by atoms with E-state index >= 15 is 0 Å². The van der Waals surface area contributed by atoms with Crippen molar-refractivity contribution in [3.05, 3.63) is 33.7 Å². The smallest absolute Gasteiger partial charge is 0.255 e. The number of nitrogens with one attached hydrogen (secondary N) is 1. The van der Waals surface area contributed by atoms with Crippen LogP contribution in [0.2, 0.25) is 0 Å². The zero-order valence-corrected chi connectivity index (χ0v) is 10.0. The molecule has 84 valence electrons. The largest absolute Gasteiger partial charge is 0.313 e. The molecule has 0 aromatic carbocycles. The highest BCUT2D eigenvalue weighted by Gasteiger charge is 2.07. The van der Waals surface area contributed by atoms with E-state index < -0.39 is 0 Å². The lowest BCUT2D eigenvalue weighted by Gasteiger charge is -2.15. The van der Waals surface area contributed by atoms with Gasteiger partial charge in [-0.3, -0.25) is 4.79 Å². The summed E-state index contributed by atoms with van der Waals surface area (Å²) >= 11 is 0. The maximum atomic E-state index is 12.1. The highest BCUT2D eigenvalue weighted by Crippen LogP contribution is 2.06. The first-order valence-corrected chi connectivity index (χ1v) is 5.49. The minimum Gasteiger partial charge on any atom is -0.313 e. The summed E-state index contributed by atoms with van der Waals surface area (Å²) in [7, 11) is 0. The quantitative estimate of drug-likeness (QED) is 0.819. The molecular formula is C12H20N2O. The second-order valence-corrected chi connectivity index (χ2v) is 4.05. The molecule has 1 aromatic rings. The first-order chi connectivity index (χ1) is 7.07. The maximum absolute atomic E-state index is 12.1. The van der Waals surface area contributed by atoms with Crippen LogP contribution in [0.5, 0.6) is 0 Å². The van der Waals surface area contributed by atoms with Crippen molar-refractivity contribution in [2.24, 2.45) is 0 Å². The Morgan fingerprint density at radius 3 is 2.60 bits per heavy atom. The van der Waals surface area contributed by atoms with Crippen LogP contribution in [0.4, 0.5) is 0 Å². The Balaban J connectivity index is 3.11. The molecule has 1 N–H and O–H groups in total. The van der Waals surface area contributed by atoms with E-state index in [1.165, 1.54) is 0 Å². The topological polar surface area (TPSA) is 34.0 Å². The van der Waals surface area contributed by atoms with E-state index in [4.69, 9.17) is 0 Å². The van der Waals surface area contributed by atoms with Crippen LogP contribution >= 0.6 is 0 Å². The van der Waals surface area contributed by atoms with Gasteiger partial charge < -0.3 is 9.88 Å². The predicted octanol–water partition coefficient (Wildman–Crippen LogP) is 1.85. The molecule has 3 heteroatoms. The van der Waals surface area contributed by atoms with E-state index in [-0.39, 0.29) is 11.6 Å². The lowest BCUT2D eigenvalue weighted by molar-refractivity contribution is 0.553. The Hall–Kier alpha value is -1.09. The van der Waals surface area contributed by atoms with Gasteiger partial charge in [-0.1, -0.05) is 13.0 Å². The molecule has 0 unspecified atom stereocenters. The number of aryl methyl sites for hydroxylation is 1. The highest BCUT2D eigenvalue weighted by atomic mass is 16.1. The van der Waals surface area contributed by atoms with Gasteiger partial charge in [-0.2, -0.15) is 0 Å². The summed E-state index contributed by atoms with van der Waals surface area (Å²) in [6.07, 6.45) is 0. The number of hydrogen-bond acceptors (Lipinski definition) is 2. The van der Waals surface area contributed by atoms with Crippen molar-refractivity contribution < 1.29 is 0 Å². The fourth-order valence-corrected chi connectivity index (χ4v) is 1.72. The fraction of sp³-hybridized carbons (Fsp3) is 0.583. The Labute approximate surface area is 91.1 Å². The first-order valence-electron chi connectivity index (χ1n) is 5.49. The summed E-state index contributed by atoms with van der Waals surface area (Å²) in [5.41, 5.74) is 2.00. The van der Waals surface area contributed by atoms with Gasteiger partial charge in [0.2, 0.25) is 0 Å². The Morgan fingerprint density at radius 1 is 1.40 bits per heavy atom. The fourth-order valence-electron chi connectivity index (χ4n) is 1.72. The van der Waals surface area contributed by atoms with Gasteiger partial charge in [-0.05, 0) is 33.4 Å². The van der Waals surface area contributed by atoms with Crippen LogP contribution in [0, 0.1) is 6.92 Å². The van der Waals surface area contributed by atoms with Crippen molar-refractivity contribution in [1.29, 1.82) is 0 Å². The molecule has 0 spiro atoms. The first kappa shape index (κ1) is 12.0. The molecule has 0 bridgehead atoms. The third kappa shape index (κ3) is 2.69. The van der Waals surface area contributed by atoms with Crippen molar-refractivity contribution in [2.75, 3.05) is 6.54 Å². The van der Waals surface area contributed by atoms with E-state index in [1.54, 1.807) is 0 Å². The summed E-state index contributed by atoms with van der Waals surface area (Å²) < 4.78 is 1.84. The number of hydrogen-bond donors (Lipinski definition) is 1. The Morgan fingerprint density at radius 2 is 2.07 bits per heavy atom. The number of rotatable bonds is 4. The molecule has 15 heavy (non-hydrogen) atoms. The van der Waals surface area contributed by atoms with Gasteiger partial charge in [0, 0.05) is 23.8 Å². The number of pyridine rings is 1. The van der Waals surface area contributed by atoms with Crippen molar-refractivity contribution in [3.8, 4) is 0 Å². The minimum atomic E-state index is 0.131. The van der Waals surface area contributed by atoms with Gasteiger partial charge >= 0.3 is 0 Å². The van der Waals surface area contributed by atoms with E-state index in [0.29, 0.717) is 6.54 Å². The molecule has 3 nitrogen and oxygen atoms in total. The minimum absolute atomic E-state index is 0.131. The van der Waals surface area contributed by atoms with Crippen molar-refractivity contribution in [2.45, 2.75) is 40.3 Å². The molecule has 1 aromatic heterocycles. The van der Waals surface area contributed by atoms with Crippen molar-refractivity contribution >= 4 is 0 Å². The third-order valence-electron chi connectivity index (χ3n) is 2.48. The predicted molar refractivity (Wildman–Crippen MR) is 63.2 cm³/mol. The molecular weight excluding hydrogens is 188 g/mol. The van der Waals surface area contributed by atoms with Crippen LogP contribution in [0.15, 0.2) is 16.9 Å². The van der Waals surface area contributed by atoms with E-state index in [1.807, 2.05) is 44.4 Å². The second kappa shape index (κ2) is 5.12. The summed E-state index contributed by atoms with van der Waals surface area (Å²) in [5, 5.41) is 3.18. The maximum Gasteiger partial charge on any atom is 0.255 e. The zero-order chi connectivity index (χ0) is 11.4. The van der Waals surface area contributed by atoms with Crippen LogP contribution in [-0.2, 0) is 6.54 Å². The highest BCUT2D eigenvalue weighted by molar-refractivity contribution is 5.16. The Bertz CT molecular complexity index is 380. The van der Waals surface area contributed by atoms with Gasteiger partial charge in [-0.25, -0.2) is 0 Å². The zero-order valence-electron chi connectivity index (χ0n) is 10.0. The molecule has 0 radical (unpaired) electrons. The molecule has 0 saturated carbocycles. The lowest BCUT2D eigenvalue weighted by Crippen LogP contribution is -2.29. The molecule has 0 fully saturated rings. The summed E-state index contributed by atoms with van der Waals surface area (Å²) in [5.74, 6) is 0. The van der Waals surface area contributed by atoms with Crippen LogP contribution in [0.3, 0.4) is 0 Å². The third-order valence-corrected chi connectivity index (χ3v) is 2.48. The molecule has 1 heterocycles. The van der Waals surface area contributed by atoms with Gasteiger partial charge in [0.05, 0.1) is 0 Å².